The first kappa shape index (κ1) is 21.4. The Hall–Kier alpha value is -1.89. The average molecular weight is 409 g/mol. The molecule has 7 heteroatoms. The first-order valence-electron chi connectivity index (χ1n) is 8.79. The molecule has 0 aliphatic carbocycles. The van der Waals surface area contributed by atoms with Crippen molar-refractivity contribution >= 4 is 27.5 Å². The minimum atomic E-state index is -3.79. The van der Waals surface area contributed by atoms with Crippen LogP contribution in [0.5, 0.6) is 0 Å². The summed E-state index contributed by atoms with van der Waals surface area (Å²) >= 11 is 6.11. The maximum atomic E-state index is 12.7. The van der Waals surface area contributed by atoms with E-state index in [0.717, 1.165) is 11.1 Å². The normalized spacial score (nSPS) is 12.8. The van der Waals surface area contributed by atoms with Gasteiger partial charge in [-0.15, -0.1) is 0 Å². The largest absolute Gasteiger partial charge is 0.351 e. The highest BCUT2D eigenvalue weighted by Crippen LogP contribution is 2.16. The fourth-order valence-electron chi connectivity index (χ4n) is 2.60. The van der Waals surface area contributed by atoms with Gasteiger partial charge in [-0.1, -0.05) is 61.3 Å². The third kappa shape index (κ3) is 6.34. The van der Waals surface area contributed by atoms with Crippen LogP contribution in [0.1, 0.15) is 31.4 Å². The van der Waals surface area contributed by atoms with E-state index in [1.807, 2.05) is 39.0 Å². The zero-order valence-electron chi connectivity index (χ0n) is 15.7. The number of sulfonamides is 1. The van der Waals surface area contributed by atoms with E-state index in [-0.39, 0.29) is 23.3 Å². The van der Waals surface area contributed by atoms with Crippen LogP contribution >= 0.6 is 11.6 Å². The number of benzene rings is 2. The van der Waals surface area contributed by atoms with Crippen LogP contribution in [-0.4, -0.2) is 20.4 Å². The SMILES string of the molecule is Cc1ccc(S(=O)(=O)NC(CC(C)C)C(=O)NCc2ccccc2Cl)cc1. The van der Waals surface area contributed by atoms with Crippen molar-refractivity contribution in [2.45, 2.75) is 44.7 Å². The number of hydrogen-bond donors (Lipinski definition) is 2. The summed E-state index contributed by atoms with van der Waals surface area (Å²) in [5, 5.41) is 3.33. The molecule has 0 bridgehead atoms. The molecule has 27 heavy (non-hydrogen) atoms. The Morgan fingerprint density at radius 3 is 2.30 bits per heavy atom. The molecule has 2 rings (SSSR count). The van der Waals surface area contributed by atoms with Crippen LogP contribution in [0.4, 0.5) is 0 Å². The number of halogens is 1. The van der Waals surface area contributed by atoms with Crippen molar-refractivity contribution in [1.82, 2.24) is 10.0 Å². The summed E-state index contributed by atoms with van der Waals surface area (Å²) in [4.78, 5) is 12.8. The van der Waals surface area contributed by atoms with Gasteiger partial charge in [-0.05, 0) is 43.0 Å². The fraction of sp³-hybridized carbons (Fsp3) is 0.350. The molecule has 2 N–H and O–H groups in total. The van der Waals surface area contributed by atoms with Crippen molar-refractivity contribution in [2.24, 2.45) is 5.92 Å². The summed E-state index contributed by atoms with van der Waals surface area (Å²) in [7, 11) is -3.79. The Morgan fingerprint density at radius 1 is 1.07 bits per heavy atom. The van der Waals surface area contributed by atoms with Gasteiger partial charge in [0.05, 0.1) is 4.90 Å². The molecular weight excluding hydrogens is 384 g/mol. The van der Waals surface area contributed by atoms with E-state index in [1.165, 1.54) is 12.1 Å². The molecule has 0 saturated heterocycles. The number of rotatable bonds is 8. The van der Waals surface area contributed by atoms with E-state index < -0.39 is 16.1 Å². The highest BCUT2D eigenvalue weighted by molar-refractivity contribution is 7.89. The van der Waals surface area contributed by atoms with E-state index in [0.29, 0.717) is 11.4 Å². The van der Waals surface area contributed by atoms with Gasteiger partial charge in [0.1, 0.15) is 6.04 Å². The number of aryl methyl sites for hydroxylation is 1. The molecule has 1 atom stereocenters. The van der Waals surface area contributed by atoms with Crippen LogP contribution in [0.25, 0.3) is 0 Å². The molecule has 2 aromatic carbocycles. The highest BCUT2D eigenvalue weighted by Gasteiger charge is 2.26. The second-order valence-electron chi connectivity index (χ2n) is 6.93. The fourth-order valence-corrected chi connectivity index (χ4v) is 4.01. The van der Waals surface area contributed by atoms with Gasteiger partial charge in [0, 0.05) is 11.6 Å². The van der Waals surface area contributed by atoms with Crippen molar-refractivity contribution in [3.63, 3.8) is 0 Å². The number of nitrogens with one attached hydrogen (secondary N) is 2. The lowest BCUT2D eigenvalue weighted by Gasteiger charge is -2.20. The third-order valence-electron chi connectivity index (χ3n) is 4.06. The van der Waals surface area contributed by atoms with Gasteiger partial charge in [-0.2, -0.15) is 4.72 Å². The molecule has 2 aromatic rings. The number of carbonyl (C=O) groups excluding carboxylic acids is 1. The molecule has 0 saturated carbocycles. The van der Waals surface area contributed by atoms with Crippen molar-refractivity contribution in [2.75, 3.05) is 0 Å². The van der Waals surface area contributed by atoms with E-state index in [9.17, 15) is 13.2 Å². The second-order valence-corrected chi connectivity index (χ2v) is 9.05. The van der Waals surface area contributed by atoms with Crippen molar-refractivity contribution in [1.29, 1.82) is 0 Å². The van der Waals surface area contributed by atoms with Crippen molar-refractivity contribution in [3.8, 4) is 0 Å². The molecular formula is C20H25ClN2O3S. The maximum Gasteiger partial charge on any atom is 0.241 e. The van der Waals surface area contributed by atoms with Gasteiger partial charge in [-0.3, -0.25) is 4.79 Å². The molecule has 1 amide bonds. The number of amides is 1. The Labute approximate surface area is 166 Å². The van der Waals surface area contributed by atoms with Crippen LogP contribution in [0.2, 0.25) is 5.02 Å². The van der Waals surface area contributed by atoms with Gasteiger partial charge in [0.2, 0.25) is 15.9 Å². The molecule has 0 heterocycles. The van der Waals surface area contributed by atoms with Gasteiger partial charge in [0.15, 0.2) is 0 Å². The molecule has 0 aliphatic heterocycles. The average Bonchev–Trinajstić information content (AvgIpc) is 2.60. The van der Waals surface area contributed by atoms with E-state index in [1.54, 1.807) is 18.2 Å². The minimum absolute atomic E-state index is 0.140. The van der Waals surface area contributed by atoms with Gasteiger partial charge < -0.3 is 5.32 Å². The zero-order chi connectivity index (χ0) is 20.0. The number of carbonyl (C=O) groups is 1. The van der Waals surface area contributed by atoms with Gasteiger partial charge in [0.25, 0.3) is 0 Å². The van der Waals surface area contributed by atoms with E-state index >= 15 is 0 Å². The molecule has 5 nitrogen and oxygen atoms in total. The molecule has 146 valence electrons. The summed E-state index contributed by atoms with van der Waals surface area (Å²) in [5.41, 5.74) is 1.74. The van der Waals surface area contributed by atoms with Gasteiger partial charge in [-0.25, -0.2) is 8.42 Å². The lowest BCUT2D eigenvalue weighted by molar-refractivity contribution is -0.123. The molecule has 0 aliphatic rings. The number of hydrogen-bond acceptors (Lipinski definition) is 3. The van der Waals surface area contributed by atoms with Crippen LogP contribution in [-0.2, 0) is 21.4 Å². The van der Waals surface area contributed by atoms with Crippen molar-refractivity contribution in [3.05, 3.63) is 64.7 Å². The highest BCUT2D eigenvalue weighted by atomic mass is 35.5. The van der Waals surface area contributed by atoms with Crippen molar-refractivity contribution < 1.29 is 13.2 Å². The van der Waals surface area contributed by atoms with E-state index in [4.69, 9.17) is 11.6 Å². The molecule has 0 spiro atoms. The Balaban J connectivity index is 2.12. The van der Waals surface area contributed by atoms with Gasteiger partial charge >= 0.3 is 0 Å². The molecule has 1 unspecified atom stereocenters. The molecule has 0 aromatic heterocycles. The predicted octanol–water partition coefficient (Wildman–Crippen LogP) is 3.66. The summed E-state index contributed by atoms with van der Waals surface area (Å²) in [6.45, 7) is 6.00. The lowest BCUT2D eigenvalue weighted by atomic mass is 10.0. The quantitative estimate of drug-likeness (QED) is 0.699. The molecule has 0 radical (unpaired) electrons. The standard InChI is InChI=1S/C20H25ClN2O3S/c1-14(2)12-19(20(24)22-13-16-6-4-5-7-18(16)21)23-27(25,26)17-10-8-15(3)9-11-17/h4-11,14,19,23H,12-13H2,1-3H3,(H,22,24). The summed E-state index contributed by atoms with van der Waals surface area (Å²) in [6, 6.07) is 12.9. The third-order valence-corrected chi connectivity index (χ3v) is 5.92. The predicted molar refractivity (Wildman–Crippen MR) is 108 cm³/mol. The second kappa shape index (κ2) is 9.35. The molecule has 0 fully saturated rings. The lowest BCUT2D eigenvalue weighted by Crippen LogP contribution is -2.47. The van der Waals surface area contributed by atoms with Crippen LogP contribution in [0, 0.1) is 12.8 Å². The Morgan fingerprint density at radius 2 is 1.70 bits per heavy atom. The Bertz CT molecular complexity index is 880. The maximum absolute atomic E-state index is 12.7. The zero-order valence-corrected chi connectivity index (χ0v) is 17.3. The van der Waals surface area contributed by atoms with Crippen LogP contribution < -0.4 is 10.0 Å². The topological polar surface area (TPSA) is 75.3 Å². The van der Waals surface area contributed by atoms with Crippen LogP contribution in [0.3, 0.4) is 0 Å². The Kier molecular flexibility index (Phi) is 7.41. The smallest absolute Gasteiger partial charge is 0.241 e. The first-order valence-corrected chi connectivity index (χ1v) is 10.7. The minimum Gasteiger partial charge on any atom is -0.351 e. The summed E-state index contributed by atoms with van der Waals surface area (Å²) in [5.74, 6) is -0.235. The first-order chi connectivity index (χ1) is 12.7. The van der Waals surface area contributed by atoms with Crippen LogP contribution in [0.15, 0.2) is 53.4 Å². The summed E-state index contributed by atoms with van der Waals surface area (Å²) in [6.07, 6.45) is 0.388. The summed E-state index contributed by atoms with van der Waals surface area (Å²) < 4.78 is 27.9. The van der Waals surface area contributed by atoms with E-state index in [2.05, 4.69) is 10.0 Å². The monoisotopic (exact) mass is 408 g/mol.